The molecule has 0 saturated carbocycles. The third kappa shape index (κ3) is 15.3. The first-order valence-corrected chi connectivity index (χ1v) is 17.6. The first-order chi connectivity index (χ1) is 25.9. The number of aromatic amines is 1. The molecule has 23 nitrogen and oxygen atoms in total. The topological polar surface area (TPSA) is 390 Å². The lowest BCUT2D eigenvalue weighted by molar-refractivity contribution is -0.143. The van der Waals surface area contributed by atoms with Crippen molar-refractivity contribution < 1.29 is 53.4 Å². The number of aliphatic carboxylic acids is 1. The number of nitrogens with two attached hydrogens (primary N) is 4. The number of likely N-dealkylation sites (tertiary alicyclic amines) is 1. The van der Waals surface area contributed by atoms with Crippen LogP contribution in [0.25, 0.3) is 0 Å². The van der Waals surface area contributed by atoms with Gasteiger partial charge in [0.25, 0.3) is 0 Å². The molecule has 1 aliphatic rings. The average molecular weight is 781 g/mol. The van der Waals surface area contributed by atoms with Crippen molar-refractivity contribution in [2.24, 2.45) is 22.9 Å². The van der Waals surface area contributed by atoms with Crippen LogP contribution in [0.2, 0.25) is 0 Å². The van der Waals surface area contributed by atoms with Gasteiger partial charge in [-0.3, -0.25) is 38.4 Å². The summed E-state index contributed by atoms with van der Waals surface area (Å²) in [5, 5.41) is 31.4. The molecule has 1 aromatic rings. The lowest BCUT2D eigenvalue weighted by Gasteiger charge is -2.28. The second-order valence-corrected chi connectivity index (χ2v) is 13.1. The van der Waals surface area contributed by atoms with Crippen molar-refractivity contribution in [3.63, 3.8) is 0 Å². The predicted octanol–water partition coefficient (Wildman–Crippen LogP) is -5.94. The monoisotopic (exact) mass is 780 g/mol. The number of primary amides is 2. The summed E-state index contributed by atoms with van der Waals surface area (Å²) >= 11 is 0. The molecular weight excluding hydrogens is 728 g/mol. The van der Waals surface area contributed by atoms with Crippen LogP contribution in [0, 0.1) is 0 Å². The number of carbonyl (C=O) groups excluding carboxylic acids is 8. The van der Waals surface area contributed by atoms with Crippen LogP contribution in [0.1, 0.15) is 64.0 Å². The Morgan fingerprint density at radius 1 is 0.909 bits per heavy atom. The molecular formula is C32H52N12O11. The minimum absolute atomic E-state index is 0.111. The van der Waals surface area contributed by atoms with Gasteiger partial charge in [-0.25, -0.2) is 9.78 Å². The van der Waals surface area contributed by atoms with Crippen molar-refractivity contribution in [2.45, 2.75) is 107 Å². The fourth-order valence-corrected chi connectivity index (χ4v) is 5.61. The number of unbranched alkanes of at least 4 members (excludes halogenated alkanes) is 1. The van der Waals surface area contributed by atoms with E-state index in [1.54, 1.807) is 0 Å². The first kappa shape index (κ1) is 45.5. The number of nitrogens with one attached hydrogen (secondary N) is 6. The van der Waals surface area contributed by atoms with Crippen LogP contribution < -0.4 is 49.5 Å². The van der Waals surface area contributed by atoms with Crippen molar-refractivity contribution in [3.8, 4) is 0 Å². The van der Waals surface area contributed by atoms with E-state index >= 15 is 0 Å². The molecule has 0 radical (unpaired) electrons. The van der Waals surface area contributed by atoms with Crippen molar-refractivity contribution >= 4 is 53.2 Å². The molecule has 1 fully saturated rings. The highest BCUT2D eigenvalue weighted by molar-refractivity contribution is 5.97. The summed E-state index contributed by atoms with van der Waals surface area (Å²) in [6.45, 7) is 1.19. The number of aliphatic hydroxyl groups is 1. The van der Waals surface area contributed by atoms with Gasteiger partial charge in [-0.1, -0.05) is 6.42 Å². The fraction of sp³-hybridized carbons (Fsp3) is 0.625. The summed E-state index contributed by atoms with van der Waals surface area (Å²) in [5.74, 6) is -8.49. The summed E-state index contributed by atoms with van der Waals surface area (Å²) < 4.78 is 0. The summed E-state index contributed by atoms with van der Waals surface area (Å²) in [6.07, 6.45) is 1.66. The summed E-state index contributed by atoms with van der Waals surface area (Å²) in [4.78, 5) is 121. The Morgan fingerprint density at radius 3 is 2.16 bits per heavy atom. The van der Waals surface area contributed by atoms with Gasteiger partial charge in [0.15, 0.2) is 0 Å². The van der Waals surface area contributed by atoms with E-state index < -0.39 is 109 Å². The number of carboxylic acid groups (broad SMARTS) is 1. The zero-order chi connectivity index (χ0) is 41.2. The molecule has 16 N–H and O–H groups in total. The molecule has 0 bridgehead atoms. The highest BCUT2D eigenvalue weighted by atomic mass is 16.4. The first-order valence-electron chi connectivity index (χ1n) is 17.6. The van der Waals surface area contributed by atoms with Crippen LogP contribution in [0.5, 0.6) is 0 Å². The zero-order valence-corrected chi connectivity index (χ0v) is 30.5. The number of aliphatic hydroxyl groups excluding tert-OH is 1. The Hall–Kier alpha value is -5.68. The van der Waals surface area contributed by atoms with E-state index in [2.05, 4.69) is 36.6 Å². The summed E-state index contributed by atoms with van der Waals surface area (Å²) in [5.41, 5.74) is 22.1. The largest absolute Gasteiger partial charge is 0.480 e. The lowest BCUT2D eigenvalue weighted by Crippen LogP contribution is -2.59. The van der Waals surface area contributed by atoms with Gasteiger partial charge in [0.05, 0.1) is 31.4 Å². The van der Waals surface area contributed by atoms with Gasteiger partial charge < -0.3 is 69.6 Å². The van der Waals surface area contributed by atoms with E-state index in [4.69, 9.17) is 22.9 Å². The Labute approximate surface area is 315 Å². The fourth-order valence-electron chi connectivity index (χ4n) is 5.61. The second kappa shape index (κ2) is 22.5. The Balaban J connectivity index is 2.15. The number of carbonyl (C=O) groups is 9. The predicted molar refractivity (Wildman–Crippen MR) is 190 cm³/mol. The standard InChI is InChI=1S/C32H52N12O11/c1-16(45)26(43-27(49)18(34)5-2-3-9-33)31(53)38-14-25(48)44-10-4-6-22(44)30(52)42-20(11-17-13-37-15-39-17)28(50)41-21(12-24(36)47)29(51)40-19(32(54)55)7-8-23(35)46/h13,15-16,18-22,26,45H,2-12,14,33-34H2,1H3,(H2,35,46)(H2,36,47)(H,37,39)(H,38,53)(H,40,51)(H,41,50)(H,42,52)(H,43,49)(H,54,55)/t16-,18+,19+,20+,21+,22+,26+/m1/s1. The normalized spacial score (nSPS) is 17.0. The number of carboxylic acids is 1. The summed E-state index contributed by atoms with van der Waals surface area (Å²) in [6, 6.07) is -8.24. The van der Waals surface area contributed by atoms with Gasteiger partial charge in [-0.2, -0.15) is 0 Å². The SMILES string of the molecule is C[C@@H](O)[C@H](NC(=O)[C@@H](N)CCCCN)C(=O)NCC(=O)N1CCC[C@H]1C(=O)N[C@@H](Cc1cnc[nH]1)C(=O)N[C@@H](CC(N)=O)C(=O)N[C@@H](CCC(N)=O)C(=O)O. The number of aromatic nitrogens is 2. The quantitative estimate of drug-likeness (QED) is 0.0435. The maximum absolute atomic E-state index is 13.6. The molecule has 2 rings (SSSR count). The van der Waals surface area contributed by atoms with Crippen molar-refractivity contribution in [1.82, 2.24) is 41.5 Å². The number of rotatable bonds is 24. The van der Waals surface area contributed by atoms with Crippen molar-refractivity contribution in [1.29, 1.82) is 0 Å². The molecule has 55 heavy (non-hydrogen) atoms. The second-order valence-electron chi connectivity index (χ2n) is 13.1. The number of imidazole rings is 1. The molecule has 0 aliphatic carbocycles. The lowest BCUT2D eigenvalue weighted by atomic mass is 10.1. The van der Waals surface area contributed by atoms with Gasteiger partial charge in [-0.05, 0) is 45.6 Å². The number of hydrogen-bond acceptors (Lipinski definition) is 13. The molecule has 306 valence electrons. The molecule has 0 aromatic carbocycles. The Bertz CT molecular complexity index is 1520. The maximum Gasteiger partial charge on any atom is 0.326 e. The highest BCUT2D eigenvalue weighted by Crippen LogP contribution is 2.18. The number of hydrogen-bond donors (Lipinski definition) is 12. The van der Waals surface area contributed by atoms with Crippen LogP contribution in [0.3, 0.4) is 0 Å². The third-order valence-electron chi connectivity index (χ3n) is 8.60. The van der Waals surface area contributed by atoms with E-state index in [0.717, 1.165) is 0 Å². The van der Waals surface area contributed by atoms with Crippen LogP contribution in [-0.2, 0) is 49.6 Å². The van der Waals surface area contributed by atoms with Gasteiger partial charge in [-0.15, -0.1) is 0 Å². The number of H-pyrrole nitrogens is 1. The molecule has 8 amide bonds. The van der Waals surface area contributed by atoms with Crippen molar-refractivity contribution in [3.05, 3.63) is 18.2 Å². The van der Waals surface area contributed by atoms with Gasteiger partial charge in [0.2, 0.25) is 47.3 Å². The van der Waals surface area contributed by atoms with Gasteiger partial charge >= 0.3 is 5.97 Å². The average Bonchev–Trinajstić information content (AvgIpc) is 3.83. The van der Waals surface area contributed by atoms with Crippen LogP contribution >= 0.6 is 0 Å². The smallest absolute Gasteiger partial charge is 0.326 e. The zero-order valence-electron chi connectivity index (χ0n) is 30.5. The minimum Gasteiger partial charge on any atom is -0.480 e. The van der Waals surface area contributed by atoms with E-state index in [1.807, 2.05) is 0 Å². The molecule has 2 heterocycles. The molecule has 1 aromatic heterocycles. The maximum atomic E-state index is 13.6. The molecule has 1 aliphatic heterocycles. The molecule has 7 atom stereocenters. The van der Waals surface area contributed by atoms with E-state index in [-0.39, 0.29) is 32.2 Å². The minimum atomic E-state index is -1.70. The van der Waals surface area contributed by atoms with Crippen LogP contribution in [0.15, 0.2) is 12.5 Å². The van der Waals surface area contributed by atoms with Crippen LogP contribution in [-0.4, -0.2) is 140 Å². The van der Waals surface area contributed by atoms with E-state index in [1.165, 1.54) is 24.3 Å². The molecule has 0 spiro atoms. The van der Waals surface area contributed by atoms with Gasteiger partial charge in [0.1, 0.15) is 30.2 Å². The molecule has 0 unspecified atom stereocenters. The van der Waals surface area contributed by atoms with Crippen LogP contribution in [0.4, 0.5) is 0 Å². The summed E-state index contributed by atoms with van der Waals surface area (Å²) in [7, 11) is 0. The Morgan fingerprint density at radius 2 is 1.58 bits per heavy atom. The van der Waals surface area contributed by atoms with Gasteiger partial charge in [0, 0.05) is 31.3 Å². The van der Waals surface area contributed by atoms with E-state index in [0.29, 0.717) is 37.9 Å². The molecule has 23 heteroatoms. The highest BCUT2D eigenvalue weighted by Gasteiger charge is 2.38. The number of nitrogens with zero attached hydrogens (tertiary/aromatic N) is 2. The van der Waals surface area contributed by atoms with Crippen molar-refractivity contribution in [2.75, 3.05) is 19.6 Å². The molecule has 1 saturated heterocycles. The number of amides is 8. The van der Waals surface area contributed by atoms with E-state index in [9.17, 15) is 53.4 Å². The Kier molecular flexibility index (Phi) is 18.6. The third-order valence-corrected chi connectivity index (χ3v) is 8.60.